The zero-order valence-electron chi connectivity index (χ0n) is 10.5. The first-order valence-electron chi connectivity index (χ1n) is 5.80. The SMILES string of the molecule is CNCc1ccc(COc2ccc(C)c(F)c2)o1. The van der Waals surface area contributed by atoms with Crippen LogP contribution in [0, 0.1) is 12.7 Å². The predicted octanol–water partition coefficient (Wildman–Crippen LogP) is 3.03. The van der Waals surface area contributed by atoms with E-state index < -0.39 is 0 Å². The molecule has 0 aliphatic carbocycles. The molecular formula is C14H16FNO2. The van der Waals surface area contributed by atoms with Crippen molar-refractivity contribution in [2.75, 3.05) is 7.05 Å². The summed E-state index contributed by atoms with van der Waals surface area (Å²) in [5, 5.41) is 3.00. The molecule has 0 saturated carbocycles. The Hall–Kier alpha value is -1.81. The summed E-state index contributed by atoms with van der Waals surface area (Å²) in [4.78, 5) is 0. The van der Waals surface area contributed by atoms with Crippen molar-refractivity contribution in [1.29, 1.82) is 0 Å². The van der Waals surface area contributed by atoms with Gasteiger partial charge in [-0.25, -0.2) is 4.39 Å². The summed E-state index contributed by atoms with van der Waals surface area (Å²) in [6.07, 6.45) is 0. The summed E-state index contributed by atoms with van der Waals surface area (Å²) < 4.78 is 24.3. The van der Waals surface area contributed by atoms with E-state index in [-0.39, 0.29) is 5.82 Å². The molecule has 0 atom stereocenters. The Morgan fingerprint density at radius 1 is 1.22 bits per heavy atom. The highest BCUT2D eigenvalue weighted by Crippen LogP contribution is 2.18. The smallest absolute Gasteiger partial charge is 0.146 e. The standard InChI is InChI=1S/C14H16FNO2/c1-10-3-4-11(7-14(10)15)17-9-13-6-5-12(18-13)8-16-2/h3-7,16H,8-9H2,1-2H3. The van der Waals surface area contributed by atoms with Crippen molar-refractivity contribution in [1.82, 2.24) is 5.32 Å². The van der Waals surface area contributed by atoms with Gasteiger partial charge in [0.15, 0.2) is 0 Å². The first-order chi connectivity index (χ1) is 8.69. The van der Waals surface area contributed by atoms with Crippen LogP contribution in [0.4, 0.5) is 4.39 Å². The number of benzene rings is 1. The summed E-state index contributed by atoms with van der Waals surface area (Å²) in [7, 11) is 1.85. The maximum Gasteiger partial charge on any atom is 0.146 e. The van der Waals surface area contributed by atoms with E-state index >= 15 is 0 Å². The Bertz CT molecular complexity index is 522. The largest absolute Gasteiger partial charge is 0.486 e. The molecule has 0 unspecified atom stereocenters. The zero-order chi connectivity index (χ0) is 13.0. The molecule has 0 aliphatic heterocycles. The lowest BCUT2D eigenvalue weighted by Crippen LogP contribution is -2.03. The van der Waals surface area contributed by atoms with Crippen LogP contribution in [0.1, 0.15) is 17.1 Å². The first kappa shape index (κ1) is 12.6. The molecular weight excluding hydrogens is 233 g/mol. The van der Waals surface area contributed by atoms with Gasteiger partial charge in [0.25, 0.3) is 0 Å². The number of hydrogen-bond donors (Lipinski definition) is 1. The maximum atomic E-state index is 13.3. The minimum absolute atomic E-state index is 0.261. The van der Waals surface area contributed by atoms with Crippen LogP contribution in [0.15, 0.2) is 34.7 Å². The Morgan fingerprint density at radius 3 is 2.72 bits per heavy atom. The third kappa shape index (κ3) is 3.11. The number of ether oxygens (including phenoxy) is 1. The fourth-order valence-electron chi connectivity index (χ4n) is 1.59. The van der Waals surface area contributed by atoms with Gasteiger partial charge in [-0.15, -0.1) is 0 Å². The van der Waals surface area contributed by atoms with Gasteiger partial charge in [0, 0.05) is 6.07 Å². The van der Waals surface area contributed by atoms with Gasteiger partial charge in [-0.05, 0) is 37.7 Å². The molecule has 1 aromatic heterocycles. The number of aryl methyl sites for hydroxylation is 1. The van der Waals surface area contributed by atoms with Crippen LogP contribution in [0.2, 0.25) is 0 Å². The molecule has 0 radical (unpaired) electrons. The highest BCUT2D eigenvalue weighted by molar-refractivity contribution is 5.28. The van der Waals surface area contributed by atoms with Crippen molar-refractivity contribution in [3.8, 4) is 5.75 Å². The van der Waals surface area contributed by atoms with Crippen molar-refractivity contribution >= 4 is 0 Å². The Kier molecular flexibility index (Phi) is 3.99. The number of rotatable bonds is 5. The van der Waals surface area contributed by atoms with Crippen molar-refractivity contribution < 1.29 is 13.5 Å². The Balaban J connectivity index is 1.95. The molecule has 18 heavy (non-hydrogen) atoms. The summed E-state index contributed by atoms with van der Waals surface area (Å²) in [6.45, 7) is 2.70. The topological polar surface area (TPSA) is 34.4 Å². The minimum Gasteiger partial charge on any atom is -0.486 e. The molecule has 0 saturated heterocycles. The molecule has 0 amide bonds. The van der Waals surface area contributed by atoms with E-state index in [0.29, 0.717) is 24.5 Å². The minimum atomic E-state index is -0.261. The highest BCUT2D eigenvalue weighted by Gasteiger charge is 2.04. The molecule has 0 aliphatic rings. The predicted molar refractivity (Wildman–Crippen MR) is 66.9 cm³/mol. The average molecular weight is 249 g/mol. The number of nitrogens with one attached hydrogen (secondary N) is 1. The molecule has 4 heteroatoms. The molecule has 1 N–H and O–H groups in total. The van der Waals surface area contributed by atoms with E-state index in [0.717, 1.165) is 11.5 Å². The zero-order valence-corrected chi connectivity index (χ0v) is 10.5. The van der Waals surface area contributed by atoms with Gasteiger partial charge < -0.3 is 14.5 Å². The highest BCUT2D eigenvalue weighted by atomic mass is 19.1. The molecule has 0 fully saturated rings. The molecule has 2 rings (SSSR count). The lowest BCUT2D eigenvalue weighted by Gasteiger charge is -2.05. The third-order valence-electron chi connectivity index (χ3n) is 2.59. The van der Waals surface area contributed by atoms with Crippen molar-refractivity contribution in [2.24, 2.45) is 0 Å². The number of hydrogen-bond acceptors (Lipinski definition) is 3. The Morgan fingerprint density at radius 2 is 2.00 bits per heavy atom. The van der Waals surface area contributed by atoms with Gasteiger partial charge in [0.05, 0.1) is 6.54 Å². The van der Waals surface area contributed by atoms with Crippen LogP contribution in [0.3, 0.4) is 0 Å². The second kappa shape index (κ2) is 5.69. The summed E-state index contributed by atoms with van der Waals surface area (Å²) in [5.41, 5.74) is 0.608. The molecule has 0 spiro atoms. The van der Waals surface area contributed by atoms with E-state index in [4.69, 9.17) is 9.15 Å². The van der Waals surface area contributed by atoms with Gasteiger partial charge in [0.1, 0.15) is 29.7 Å². The molecule has 0 bridgehead atoms. The summed E-state index contributed by atoms with van der Waals surface area (Å²) >= 11 is 0. The first-order valence-corrected chi connectivity index (χ1v) is 5.80. The van der Waals surface area contributed by atoms with E-state index in [1.54, 1.807) is 19.1 Å². The fourth-order valence-corrected chi connectivity index (χ4v) is 1.59. The van der Waals surface area contributed by atoms with Crippen LogP contribution < -0.4 is 10.1 Å². The van der Waals surface area contributed by atoms with Gasteiger partial charge >= 0.3 is 0 Å². The van der Waals surface area contributed by atoms with Crippen molar-refractivity contribution in [3.05, 3.63) is 53.2 Å². The van der Waals surface area contributed by atoms with E-state index in [9.17, 15) is 4.39 Å². The number of halogens is 1. The summed E-state index contributed by atoms with van der Waals surface area (Å²) in [5.74, 6) is 1.82. The maximum absolute atomic E-state index is 13.3. The van der Waals surface area contributed by atoms with E-state index in [1.807, 2.05) is 19.2 Å². The van der Waals surface area contributed by atoms with E-state index in [1.165, 1.54) is 6.07 Å². The van der Waals surface area contributed by atoms with Gasteiger partial charge in [0.2, 0.25) is 0 Å². The lowest BCUT2D eigenvalue weighted by atomic mass is 10.2. The van der Waals surface area contributed by atoms with Crippen LogP contribution in [0.25, 0.3) is 0 Å². The van der Waals surface area contributed by atoms with Crippen LogP contribution in [-0.4, -0.2) is 7.05 Å². The van der Waals surface area contributed by atoms with Crippen LogP contribution >= 0.6 is 0 Å². The molecule has 3 nitrogen and oxygen atoms in total. The van der Waals surface area contributed by atoms with Crippen LogP contribution in [0.5, 0.6) is 5.75 Å². The molecule has 1 heterocycles. The monoisotopic (exact) mass is 249 g/mol. The van der Waals surface area contributed by atoms with E-state index in [2.05, 4.69) is 5.32 Å². The van der Waals surface area contributed by atoms with Gasteiger partial charge in [-0.3, -0.25) is 0 Å². The molecule has 2 aromatic rings. The Labute approximate surface area is 106 Å². The van der Waals surface area contributed by atoms with Gasteiger partial charge in [-0.1, -0.05) is 6.07 Å². The quantitative estimate of drug-likeness (QED) is 0.884. The van der Waals surface area contributed by atoms with Crippen molar-refractivity contribution in [2.45, 2.75) is 20.1 Å². The van der Waals surface area contributed by atoms with Gasteiger partial charge in [-0.2, -0.15) is 0 Å². The number of furan rings is 1. The average Bonchev–Trinajstić information content (AvgIpc) is 2.79. The molecule has 96 valence electrons. The second-order valence-corrected chi connectivity index (χ2v) is 4.10. The normalized spacial score (nSPS) is 10.6. The van der Waals surface area contributed by atoms with Crippen molar-refractivity contribution in [3.63, 3.8) is 0 Å². The lowest BCUT2D eigenvalue weighted by molar-refractivity contribution is 0.264. The van der Waals surface area contributed by atoms with Crippen LogP contribution in [-0.2, 0) is 13.2 Å². The second-order valence-electron chi connectivity index (χ2n) is 4.10. The fraction of sp³-hybridized carbons (Fsp3) is 0.286. The third-order valence-corrected chi connectivity index (χ3v) is 2.59. The molecule has 1 aromatic carbocycles. The summed E-state index contributed by atoms with van der Waals surface area (Å²) in [6, 6.07) is 8.57.